The van der Waals surface area contributed by atoms with E-state index >= 15 is 0 Å². The van der Waals surface area contributed by atoms with Crippen LogP contribution in [0.15, 0.2) is 18.2 Å². The summed E-state index contributed by atoms with van der Waals surface area (Å²) in [6.45, 7) is 7.15. The molecule has 156 valence electrons. The van der Waals surface area contributed by atoms with Gasteiger partial charge in [0.1, 0.15) is 17.6 Å². The van der Waals surface area contributed by atoms with Crippen molar-refractivity contribution < 1.29 is 14.3 Å². The number of rotatable bonds is 7. The van der Waals surface area contributed by atoms with Gasteiger partial charge in [-0.2, -0.15) is 0 Å². The highest BCUT2D eigenvalue weighted by atomic mass is 16.5. The second-order valence-electron chi connectivity index (χ2n) is 8.73. The number of benzene rings is 1. The van der Waals surface area contributed by atoms with Crippen molar-refractivity contribution >= 4 is 5.91 Å². The van der Waals surface area contributed by atoms with E-state index in [9.17, 15) is 4.79 Å². The molecule has 1 saturated carbocycles. The molecule has 1 heterocycles. The molecule has 0 N–H and O–H groups in total. The van der Waals surface area contributed by atoms with Crippen molar-refractivity contribution in [3.63, 3.8) is 0 Å². The average molecular weight is 389 g/mol. The van der Waals surface area contributed by atoms with E-state index in [1.807, 2.05) is 25.2 Å². The second-order valence-corrected chi connectivity index (χ2v) is 8.73. The summed E-state index contributed by atoms with van der Waals surface area (Å²) in [5.41, 5.74) is 0.598. The predicted octanol–water partition coefficient (Wildman–Crippen LogP) is 4.21. The van der Waals surface area contributed by atoms with Gasteiger partial charge in [0.15, 0.2) is 0 Å². The normalized spacial score (nSPS) is 19.2. The van der Waals surface area contributed by atoms with Gasteiger partial charge in [-0.05, 0) is 49.8 Å². The van der Waals surface area contributed by atoms with E-state index in [-0.39, 0.29) is 12.0 Å². The number of carbonyl (C=O) groups is 1. The van der Waals surface area contributed by atoms with Crippen molar-refractivity contribution in [3.8, 4) is 11.5 Å². The Morgan fingerprint density at radius 2 is 1.86 bits per heavy atom. The summed E-state index contributed by atoms with van der Waals surface area (Å²) in [6.07, 6.45) is 7.68. The van der Waals surface area contributed by atoms with E-state index in [1.54, 1.807) is 12.0 Å². The van der Waals surface area contributed by atoms with E-state index in [0.29, 0.717) is 23.0 Å². The Labute approximate surface area is 170 Å². The van der Waals surface area contributed by atoms with Crippen molar-refractivity contribution in [1.82, 2.24) is 9.80 Å². The van der Waals surface area contributed by atoms with Crippen molar-refractivity contribution in [1.29, 1.82) is 0 Å². The molecule has 0 spiro atoms. The van der Waals surface area contributed by atoms with E-state index in [1.165, 1.54) is 25.7 Å². The van der Waals surface area contributed by atoms with Crippen molar-refractivity contribution in [2.45, 2.75) is 64.5 Å². The molecule has 1 aliphatic carbocycles. The third-order valence-corrected chi connectivity index (χ3v) is 6.01. The summed E-state index contributed by atoms with van der Waals surface area (Å²) in [6, 6.07) is 6.35. The van der Waals surface area contributed by atoms with Crippen LogP contribution in [0.5, 0.6) is 11.5 Å². The van der Waals surface area contributed by atoms with Gasteiger partial charge in [-0.3, -0.25) is 4.79 Å². The smallest absolute Gasteiger partial charge is 0.257 e. The molecule has 1 saturated heterocycles. The van der Waals surface area contributed by atoms with Crippen LogP contribution >= 0.6 is 0 Å². The van der Waals surface area contributed by atoms with Gasteiger partial charge in [0.2, 0.25) is 0 Å². The van der Waals surface area contributed by atoms with Gasteiger partial charge in [0, 0.05) is 32.7 Å². The number of nitrogens with zero attached hydrogens (tertiary/aromatic N) is 2. The number of ether oxygens (including phenoxy) is 2. The molecule has 2 fully saturated rings. The monoisotopic (exact) mass is 388 g/mol. The fraction of sp³-hybridized carbons (Fsp3) is 0.696. The number of piperidine rings is 1. The van der Waals surface area contributed by atoms with Crippen molar-refractivity contribution in [2.24, 2.45) is 5.92 Å². The standard InChI is InChI=1S/C23H36N2O3/c1-17(2)16-24(3)23(26)21-15-20(27-4)9-10-22(21)28-19-11-13-25(14-12-19)18-7-5-6-8-18/h9-10,15,17-19H,5-8,11-14,16H2,1-4H3. The number of hydrogen-bond acceptors (Lipinski definition) is 4. The van der Waals surface area contributed by atoms with Crippen LogP contribution in [0.3, 0.4) is 0 Å². The highest BCUT2D eigenvalue weighted by Gasteiger charge is 2.29. The number of likely N-dealkylation sites (tertiary alicyclic amines) is 1. The Balaban J connectivity index is 1.67. The predicted molar refractivity (Wildman–Crippen MR) is 112 cm³/mol. The molecule has 5 nitrogen and oxygen atoms in total. The molecule has 2 aliphatic rings. The Morgan fingerprint density at radius 3 is 2.46 bits per heavy atom. The minimum Gasteiger partial charge on any atom is -0.497 e. The van der Waals surface area contributed by atoms with Crippen LogP contribution < -0.4 is 9.47 Å². The van der Waals surface area contributed by atoms with Gasteiger partial charge in [-0.1, -0.05) is 26.7 Å². The topological polar surface area (TPSA) is 42.0 Å². The maximum Gasteiger partial charge on any atom is 0.257 e. The van der Waals surface area contributed by atoms with Gasteiger partial charge in [0.25, 0.3) is 5.91 Å². The summed E-state index contributed by atoms with van der Waals surface area (Å²) in [5, 5.41) is 0. The fourth-order valence-corrected chi connectivity index (χ4v) is 4.55. The molecule has 0 unspecified atom stereocenters. The number of methoxy groups -OCH3 is 1. The summed E-state index contributed by atoms with van der Waals surface area (Å²) in [4.78, 5) is 17.4. The first-order valence-corrected chi connectivity index (χ1v) is 10.8. The number of carbonyl (C=O) groups excluding carboxylic acids is 1. The highest BCUT2D eigenvalue weighted by Crippen LogP contribution is 2.30. The van der Waals surface area contributed by atoms with E-state index in [0.717, 1.165) is 38.5 Å². The molecule has 0 bridgehead atoms. The summed E-state index contributed by atoms with van der Waals surface area (Å²) in [5.74, 6) is 1.78. The SMILES string of the molecule is COc1ccc(OC2CCN(C3CCCC3)CC2)c(C(=O)N(C)CC(C)C)c1. The lowest BCUT2D eigenvalue weighted by Gasteiger charge is -2.36. The molecule has 1 aromatic carbocycles. The molecule has 5 heteroatoms. The Morgan fingerprint density at radius 1 is 1.18 bits per heavy atom. The first-order valence-electron chi connectivity index (χ1n) is 10.8. The van der Waals surface area contributed by atoms with Gasteiger partial charge in [0.05, 0.1) is 12.7 Å². The summed E-state index contributed by atoms with van der Waals surface area (Å²) >= 11 is 0. The van der Waals surface area contributed by atoms with Crippen LogP contribution in [0.4, 0.5) is 0 Å². The van der Waals surface area contributed by atoms with Crippen LogP contribution in [0.1, 0.15) is 62.7 Å². The van der Waals surface area contributed by atoms with Crippen molar-refractivity contribution in [3.05, 3.63) is 23.8 Å². The molecule has 1 amide bonds. The van der Waals surface area contributed by atoms with Gasteiger partial charge >= 0.3 is 0 Å². The van der Waals surface area contributed by atoms with Gasteiger partial charge in [-0.25, -0.2) is 0 Å². The maximum atomic E-state index is 13.0. The molecule has 0 aromatic heterocycles. The Bertz CT molecular complexity index is 647. The van der Waals surface area contributed by atoms with Crippen LogP contribution in [0, 0.1) is 5.92 Å². The van der Waals surface area contributed by atoms with E-state index < -0.39 is 0 Å². The van der Waals surface area contributed by atoms with Gasteiger partial charge in [-0.15, -0.1) is 0 Å². The number of amides is 1. The minimum atomic E-state index is -0.00834. The molecule has 3 rings (SSSR count). The first kappa shape index (κ1) is 21.0. The summed E-state index contributed by atoms with van der Waals surface area (Å²) < 4.78 is 11.7. The largest absolute Gasteiger partial charge is 0.497 e. The third kappa shape index (κ3) is 5.19. The molecule has 1 aromatic rings. The fourth-order valence-electron chi connectivity index (χ4n) is 4.55. The summed E-state index contributed by atoms with van der Waals surface area (Å²) in [7, 11) is 3.48. The zero-order chi connectivity index (χ0) is 20.1. The molecule has 1 aliphatic heterocycles. The molecular formula is C23H36N2O3. The van der Waals surface area contributed by atoms with Crippen LogP contribution in [0.25, 0.3) is 0 Å². The zero-order valence-corrected chi connectivity index (χ0v) is 17.9. The average Bonchev–Trinajstić information content (AvgIpc) is 3.22. The zero-order valence-electron chi connectivity index (χ0n) is 17.9. The van der Waals surface area contributed by atoms with Crippen LogP contribution in [0.2, 0.25) is 0 Å². The molecule has 0 atom stereocenters. The van der Waals surface area contributed by atoms with Gasteiger partial charge < -0.3 is 19.3 Å². The molecular weight excluding hydrogens is 352 g/mol. The lowest BCUT2D eigenvalue weighted by Crippen LogP contribution is -2.43. The Kier molecular flexibility index (Phi) is 7.22. The van der Waals surface area contributed by atoms with Crippen molar-refractivity contribution in [2.75, 3.05) is 33.8 Å². The van der Waals surface area contributed by atoms with E-state index in [4.69, 9.17) is 9.47 Å². The van der Waals surface area contributed by atoms with Crippen LogP contribution in [-0.2, 0) is 0 Å². The quantitative estimate of drug-likeness (QED) is 0.702. The Hall–Kier alpha value is -1.75. The number of hydrogen-bond donors (Lipinski definition) is 0. The maximum absolute atomic E-state index is 13.0. The van der Waals surface area contributed by atoms with E-state index in [2.05, 4.69) is 18.7 Å². The molecule has 0 radical (unpaired) electrons. The lowest BCUT2D eigenvalue weighted by atomic mass is 10.0. The molecule has 28 heavy (non-hydrogen) atoms. The third-order valence-electron chi connectivity index (χ3n) is 6.01. The highest BCUT2D eigenvalue weighted by molar-refractivity contribution is 5.97. The second kappa shape index (κ2) is 9.64. The minimum absolute atomic E-state index is 0.00834. The first-order chi connectivity index (χ1) is 13.5. The van der Waals surface area contributed by atoms with Crippen LogP contribution in [-0.4, -0.2) is 61.6 Å². The lowest BCUT2D eigenvalue weighted by molar-refractivity contribution is 0.0706.